The van der Waals surface area contributed by atoms with Gasteiger partial charge >= 0.3 is 0 Å². The summed E-state index contributed by atoms with van der Waals surface area (Å²) in [6.07, 6.45) is 7.23. The molecule has 1 unspecified atom stereocenters. The lowest BCUT2D eigenvalue weighted by molar-refractivity contribution is 0.560. The molecule has 1 fully saturated rings. The SMILES string of the molecule is CSc1ccc2nc(-c3cnn4ccc(N5CCCC5c5cc(F)ccc5F)nc34)[nH]c2c1. The Morgan fingerprint density at radius 2 is 2.00 bits per heavy atom. The molecule has 2 aromatic carbocycles. The molecule has 4 heterocycles. The summed E-state index contributed by atoms with van der Waals surface area (Å²) in [7, 11) is 0. The molecule has 0 amide bonds. The van der Waals surface area contributed by atoms with Gasteiger partial charge in [0, 0.05) is 23.2 Å². The minimum atomic E-state index is -0.436. The zero-order valence-electron chi connectivity index (χ0n) is 17.8. The first-order valence-electron chi connectivity index (χ1n) is 10.7. The number of fused-ring (bicyclic) bond motifs is 2. The lowest BCUT2D eigenvalue weighted by Crippen LogP contribution is -2.24. The van der Waals surface area contributed by atoms with Gasteiger partial charge < -0.3 is 9.88 Å². The maximum atomic E-state index is 14.5. The van der Waals surface area contributed by atoms with Crippen molar-refractivity contribution in [3.63, 3.8) is 0 Å². The molecule has 1 atom stereocenters. The van der Waals surface area contributed by atoms with Gasteiger partial charge in [0.25, 0.3) is 0 Å². The summed E-state index contributed by atoms with van der Waals surface area (Å²) in [6.45, 7) is 0.718. The van der Waals surface area contributed by atoms with Crippen molar-refractivity contribution < 1.29 is 8.78 Å². The number of thioether (sulfide) groups is 1. The molecule has 0 spiro atoms. The molecule has 0 aliphatic carbocycles. The summed E-state index contributed by atoms with van der Waals surface area (Å²) >= 11 is 1.68. The van der Waals surface area contributed by atoms with Crippen molar-refractivity contribution in [2.24, 2.45) is 0 Å². The van der Waals surface area contributed by atoms with Crippen molar-refractivity contribution in [1.29, 1.82) is 0 Å². The Labute approximate surface area is 192 Å². The first-order chi connectivity index (χ1) is 16.1. The van der Waals surface area contributed by atoms with E-state index in [2.05, 4.69) is 16.1 Å². The average Bonchev–Trinajstić information content (AvgIpc) is 3.57. The number of nitrogens with one attached hydrogen (secondary N) is 1. The Morgan fingerprint density at radius 3 is 2.88 bits per heavy atom. The number of hydrogen-bond donors (Lipinski definition) is 1. The number of halogens is 2. The largest absolute Gasteiger partial charge is 0.349 e. The number of hydrogen-bond acceptors (Lipinski definition) is 5. The van der Waals surface area contributed by atoms with Crippen LogP contribution in [-0.2, 0) is 0 Å². The standard InChI is InChI=1S/C24H20F2N6S/c1-33-15-5-7-19-20(12-15)29-23(28-19)17-13-27-32-10-8-22(30-24(17)32)31-9-2-3-21(31)16-11-14(25)4-6-18(16)26/h4-8,10-13,21H,2-3,9H2,1H3,(H,28,29). The van der Waals surface area contributed by atoms with Gasteiger partial charge in [-0.15, -0.1) is 11.8 Å². The van der Waals surface area contributed by atoms with Crippen molar-refractivity contribution >= 4 is 34.3 Å². The van der Waals surface area contributed by atoms with Crippen molar-refractivity contribution in [3.05, 3.63) is 72.1 Å². The maximum absolute atomic E-state index is 14.5. The highest BCUT2D eigenvalue weighted by molar-refractivity contribution is 7.98. The molecule has 1 N–H and O–H groups in total. The van der Waals surface area contributed by atoms with Gasteiger partial charge in [-0.2, -0.15) is 5.10 Å². The average molecular weight is 463 g/mol. The number of rotatable bonds is 4. The van der Waals surface area contributed by atoms with Gasteiger partial charge in [-0.1, -0.05) is 0 Å². The maximum Gasteiger partial charge on any atom is 0.168 e. The van der Waals surface area contributed by atoms with Crippen LogP contribution in [0.5, 0.6) is 0 Å². The minimum absolute atomic E-state index is 0.266. The van der Waals surface area contributed by atoms with Gasteiger partial charge in [-0.05, 0) is 61.6 Å². The number of aromatic nitrogens is 5. The van der Waals surface area contributed by atoms with Crippen LogP contribution in [0.3, 0.4) is 0 Å². The molecular formula is C24H20F2N6S. The van der Waals surface area contributed by atoms with Crippen molar-refractivity contribution in [2.45, 2.75) is 23.8 Å². The van der Waals surface area contributed by atoms with Crippen molar-refractivity contribution in [3.8, 4) is 11.4 Å². The van der Waals surface area contributed by atoms with Crippen LogP contribution < -0.4 is 4.90 Å². The molecule has 0 saturated carbocycles. The number of H-pyrrole nitrogens is 1. The van der Waals surface area contributed by atoms with Gasteiger partial charge in [-0.25, -0.2) is 23.3 Å². The van der Waals surface area contributed by atoms with E-state index < -0.39 is 11.6 Å². The Balaban J connectivity index is 1.42. The number of anilines is 1. The Hall–Kier alpha value is -3.46. The highest BCUT2D eigenvalue weighted by atomic mass is 32.2. The monoisotopic (exact) mass is 462 g/mol. The predicted octanol–water partition coefficient (Wildman–Crippen LogP) is 5.61. The van der Waals surface area contributed by atoms with E-state index >= 15 is 0 Å². The van der Waals surface area contributed by atoms with Crippen LogP contribution in [0.2, 0.25) is 0 Å². The van der Waals surface area contributed by atoms with E-state index in [-0.39, 0.29) is 6.04 Å². The fourth-order valence-electron chi connectivity index (χ4n) is 4.56. The highest BCUT2D eigenvalue weighted by Crippen LogP contribution is 2.37. The molecule has 6 rings (SSSR count). The molecule has 3 aromatic heterocycles. The summed E-state index contributed by atoms with van der Waals surface area (Å²) in [5, 5.41) is 4.43. The van der Waals surface area contributed by atoms with Crippen LogP contribution in [0, 0.1) is 11.6 Å². The summed E-state index contributed by atoms with van der Waals surface area (Å²) in [6, 6.07) is 11.3. The second kappa shape index (κ2) is 7.84. The topological polar surface area (TPSA) is 62.1 Å². The van der Waals surface area contributed by atoms with Crippen LogP contribution >= 0.6 is 11.8 Å². The molecule has 33 heavy (non-hydrogen) atoms. The van der Waals surface area contributed by atoms with Crippen LogP contribution in [-0.4, -0.2) is 37.4 Å². The van der Waals surface area contributed by atoms with Crippen molar-refractivity contribution in [1.82, 2.24) is 24.6 Å². The second-order valence-corrected chi connectivity index (χ2v) is 8.98. The molecular weight excluding hydrogens is 442 g/mol. The van der Waals surface area contributed by atoms with E-state index in [1.807, 2.05) is 35.6 Å². The molecule has 1 aliphatic rings. The Kier molecular flexibility index (Phi) is 4.79. The van der Waals surface area contributed by atoms with Gasteiger partial charge in [0.2, 0.25) is 0 Å². The Morgan fingerprint density at radius 1 is 1.09 bits per heavy atom. The number of benzene rings is 2. The fourth-order valence-corrected chi connectivity index (χ4v) is 5.00. The smallest absolute Gasteiger partial charge is 0.168 e. The second-order valence-electron chi connectivity index (χ2n) is 8.10. The normalized spacial score (nSPS) is 16.3. The van der Waals surface area contributed by atoms with E-state index in [0.717, 1.165) is 46.9 Å². The number of aromatic amines is 1. The molecule has 6 nitrogen and oxygen atoms in total. The zero-order valence-corrected chi connectivity index (χ0v) is 18.6. The van der Waals surface area contributed by atoms with Crippen LogP contribution in [0.4, 0.5) is 14.6 Å². The van der Waals surface area contributed by atoms with Crippen LogP contribution in [0.15, 0.2) is 59.8 Å². The third-order valence-corrected chi connectivity index (χ3v) is 6.89. The van der Waals surface area contributed by atoms with Gasteiger partial charge in [0.05, 0.1) is 28.8 Å². The highest BCUT2D eigenvalue weighted by Gasteiger charge is 2.30. The van der Waals surface area contributed by atoms with E-state index in [4.69, 9.17) is 9.97 Å². The molecule has 5 aromatic rings. The molecule has 1 aliphatic heterocycles. The molecule has 0 radical (unpaired) electrons. The third kappa shape index (κ3) is 3.43. The van der Waals surface area contributed by atoms with E-state index in [0.29, 0.717) is 22.9 Å². The molecule has 0 bridgehead atoms. The molecule has 1 saturated heterocycles. The summed E-state index contributed by atoms with van der Waals surface area (Å²) < 4.78 is 30.1. The minimum Gasteiger partial charge on any atom is -0.349 e. The number of nitrogens with zero attached hydrogens (tertiary/aromatic N) is 5. The fraction of sp³-hybridized carbons (Fsp3) is 0.208. The van der Waals surface area contributed by atoms with Crippen LogP contribution in [0.1, 0.15) is 24.4 Å². The molecule has 9 heteroatoms. The first-order valence-corrected chi connectivity index (χ1v) is 11.9. The summed E-state index contributed by atoms with van der Waals surface area (Å²) in [4.78, 5) is 16.2. The first kappa shape index (κ1) is 20.2. The van der Waals surface area contributed by atoms with Crippen LogP contribution in [0.25, 0.3) is 28.1 Å². The quantitative estimate of drug-likeness (QED) is 0.352. The predicted molar refractivity (Wildman–Crippen MR) is 126 cm³/mol. The molecule has 166 valence electrons. The van der Waals surface area contributed by atoms with Crippen molar-refractivity contribution in [2.75, 3.05) is 17.7 Å². The number of imidazole rings is 1. The zero-order chi connectivity index (χ0) is 22.5. The van der Waals surface area contributed by atoms with Gasteiger partial charge in [0.15, 0.2) is 5.65 Å². The lowest BCUT2D eigenvalue weighted by Gasteiger charge is -2.26. The van der Waals surface area contributed by atoms with Gasteiger partial charge in [-0.3, -0.25) is 0 Å². The summed E-state index contributed by atoms with van der Waals surface area (Å²) in [5.41, 5.74) is 3.63. The van der Waals surface area contributed by atoms with E-state index in [1.165, 1.54) is 12.1 Å². The van der Waals surface area contributed by atoms with E-state index in [1.54, 1.807) is 22.5 Å². The Bertz CT molecular complexity index is 1490. The third-order valence-electron chi connectivity index (χ3n) is 6.16. The summed E-state index contributed by atoms with van der Waals surface area (Å²) in [5.74, 6) is 0.564. The lowest BCUT2D eigenvalue weighted by atomic mass is 10.0. The van der Waals surface area contributed by atoms with Gasteiger partial charge in [0.1, 0.15) is 23.3 Å². The van der Waals surface area contributed by atoms with E-state index in [9.17, 15) is 8.78 Å².